The average Bonchev–Trinajstić information content (AvgIpc) is 3.62. The van der Waals surface area contributed by atoms with Gasteiger partial charge in [-0.2, -0.15) is 0 Å². The molecule has 14 nitrogen and oxygen atoms in total. The fourth-order valence-corrected chi connectivity index (χ4v) is 8.09. The zero-order valence-corrected chi connectivity index (χ0v) is 44.7. The van der Waals surface area contributed by atoms with Gasteiger partial charge >= 0.3 is 33.2 Å². The van der Waals surface area contributed by atoms with Crippen LogP contribution in [0.2, 0.25) is 0 Å². The van der Waals surface area contributed by atoms with Gasteiger partial charge in [0.25, 0.3) is 0 Å². The Balaban J connectivity index is 0.000000192. The van der Waals surface area contributed by atoms with Crippen molar-refractivity contribution >= 4 is 54.6 Å². The molecule has 0 aliphatic carbocycles. The molecule has 0 saturated carbocycles. The van der Waals surface area contributed by atoms with Crippen molar-refractivity contribution in [2.24, 2.45) is 0 Å². The van der Waals surface area contributed by atoms with Crippen molar-refractivity contribution in [1.82, 2.24) is 20.4 Å². The van der Waals surface area contributed by atoms with Crippen LogP contribution >= 0.6 is 15.9 Å². The van der Waals surface area contributed by atoms with E-state index in [0.29, 0.717) is 39.3 Å². The zero-order valence-electron chi connectivity index (χ0n) is 43.1. The van der Waals surface area contributed by atoms with Gasteiger partial charge in [0.1, 0.15) is 0 Å². The highest BCUT2D eigenvalue weighted by Crippen LogP contribution is 2.43. The standard InChI is InChI=1S/C21H33BN2O4.C15H21BrN2O2.C12H24B2O4/c1-14(2)26-18-12-24(13-18)19(25)23-11-16-8-9-17(10-15(16)3)22-27-20(4,5)21(6,7)28-22;1-10(2)20-14-8-18(9-14)15(19)17-7-12-4-5-13(16)6-11(12)3;1-9(2)10(3,4)16-13(15-9)14-17-11(5,6)12(7,8)18-14/h8-10,14,18H,11-13H2,1-7H3,(H,23,25);4-6,10,14H,7-9H2,1-3H3,(H,17,19);1-8H3. The van der Waals surface area contributed by atoms with E-state index in [1.807, 2.05) is 121 Å². The van der Waals surface area contributed by atoms with Gasteiger partial charge < -0.3 is 57.8 Å². The predicted octanol–water partition coefficient (Wildman–Crippen LogP) is 7.94. The van der Waals surface area contributed by atoms with Crippen LogP contribution in [0.1, 0.15) is 133 Å². The number of benzene rings is 2. The molecule has 5 heterocycles. The van der Waals surface area contributed by atoms with E-state index in [1.54, 1.807) is 9.80 Å². The van der Waals surface area contributed by atoms with E-state index in [9.17, 15) is 9.59 Å². The third kappa shape index (κ3) is 13.1. The van der Waals surface area contributed by atoms with Crippen molar-refractivity contribution < 1.29 is 47.0 Å². The van der Waals surface area contributed by atoms with Gasteiger partial charge in [-0.05, 0) is 164 Å². The lowest BCUT2D eigenvalue weighted by molar-refractivity contribution is -0.0642. The molecule has 0 unspecified atom stereocenters. The summed E-state index contributed by atoms with van der Waals surface area (Å²) < 4.78 is 48.5. The minimum Gasteiger partial charge on any atom is -0.405 e. The van der Waals surface area contributed by atoms with Crippen LogP contribution in [0.5, 0.6) is 0 Å². The summed E-state index contributed by atoms with van der Waals surface area (Å²) in [5.74, 6) is 0. The number of carbonyl (C=O) groups excluding carboxylic acids is 2. The molecule has 366 valence electrons. The SMILES string of the molecule is CC1(C)OB(B2OC(C)(C)C(C)(C)O2)OC1(C)C.Cc1cc(B2OC(C)(C)C(C)(C)O2)ccc1CNC(=O)N1CC(OC(C)C)C1.Cc1cc(Br)ccc1CNC(=O)N1CC(OC(C)C)C1. The molecular formula is C48H78B3BrN4O10. The first-order chi connectivity index (χ1) is 30.3. The maximum absolute atomic E-state index is 12.3. The second-order valence-corrected chi connectivity index (χ2v) is 22.8. The topological polar surface area (TPSA) is 139 Å². The van der Waals surface area contributed by atoms with Crippen molar-refractivity contribution in [1.29, 1.82) is 0 Å². The molecule has 0 radical (unpaired) electrons. The van der Waals surface area contributed by atoms with Gasteiger partial charge in [-0.15, -0.1) is 0 Å². The molecular weight excluding hydrogens is 905 g/mol. The molecule has 0 atom stereocenters. The van der Waals surface area contributed by atoms with Crippen molar-refractivity contribution in [2.75, 3.05) is 26.2 Å². The molecule has 4 amide bonds. The van der Waals surface area contributed by atoms with Crippen LogP contribution in [0.4, 0.5) is 9.59 Å². The monoisotopic (exact) mass is 983 g/mol. The number of ether oxygens (including phenoxy) is 2. The maximum Gasteiger partial charge on any atom is 0.494 e. The summed E-state index contributed by atoms with van der Waals surface area (Å²) in [4.78, 5) is 27.8. The first-order valence-corrected chi connectivity index (χ1v) is 24.4. The molecule has 0 aromatic heterocycles. The van der Waals surface area contributed by atoms with Crippen LogP contribution in [-0.4, -0.2) is 127 Å². The number of hydrogen-bond donors (Lipinski definition) is 2. The summed E-state index contributed by atoms with van der Waals surface area (Å²) >= 11 is 3.44. The van der Waals surface area contributed by atoms with E-state index in [1.165, 1.54) is 5.56 Å². The number of rotatable bonds is 10. The molecule has 66 heavy (non-hydrogen) atoms. The Morgan fingerprint density at radius 1 is 0.591 bits per heavy atom. The minimum atomic E-state index is -0.476. The number of aryl methyl sites for hydroxylation is 2. The summed E-state index contributed by atoms with van der Waals surface area (Å²) in [6.07, 6.45) is 0.762. The molecule has 2 N–H and O–H groups in total. The third-order valence-electron chi connectivity index (χ3n) is 14.0. The minimum absolute atomic E-state index is 0.0177. The van der Waals surface area contributed by atoms with Crippen molar-refractivity contribution in [3.63, 3.8) is 0 Å². The highest BCUT2D eigenvalue weighted by molar-refractivity contribution is 9.10. The number of likely N-dealkylation sites (tertiary alicyclic amines) is 2. The summed E-state index contributed by atoms with van der Waals surface area (Å²) in [5, 5.41) is 5.95. The lowest BCUT2D eigenvalue weighted by Gasteiger charge is -2.39. The predicted molar refractivity (Wildman–Crippen MR) is 266 cm³/mol. The molecule has 18 heteroatoms. The van der Waals surface area contributed by atoms with Crippen LogP contribution in [0.25, 0.3) is 0 Å². The van der Waals surface area contributed by atoms with E-state index >= 15 is 0 Å². The molecule has 0 bridgehead atoms. The van der Waals surface area contributed by atoms with Crippen molar-refractivity contribution in [3.05, 3.63) is 63.1 Å². The second kappa shape index (κ2) is 20.7. The molecule has 5 saturated heterocycles. The summed E-state index contributed by atoms with van der Waals surface area (Å²) in [6, 6.07) is 12.2. The summed E-state index contributed by atoms with van der Waals surface area (Å²) in [6.45, 7) is 40.3. The highest BCUT2D eigenvalue weighted by atomic mass is 79.9. The van der Waals surface area contributed by atoms with E-state index in [2.05, 4.69) is 66.4 Å². The van der Waals surface area contributed by atoms with Gasteiger partial charge in [0.05, 0.1) is 84.2 Å². The quantitative estimate of drug-likeness (QED) is 0.226. The molecule has 0 spiro atoms. The Labute approximate surface area is 405 Å². The number of carbonyl (C=O) groups is 2. The Hall–Kier alpha value is -2.67. The fraction of sp³-hybridized carbons (Fsp3) is 0.708. The third-order valence-corrected chi connectivity index (χ3v) is 14.5. The first-order valence-electron chi connectivity index (χ1n) is 23.6. The number of halogens is 1. The number of hydrogen-bond acceptors (Lipinski definition) is 10. The van der Waals surface area contributed by atoms with Gasteiger partial charge in [0.2, 0.25) is 0 Å². The van der Waals surface area contributed by atoms with Crippen LogP contribution in [0.3, 0.4) is 0 Å². The van der Waals surface area contributed by atoms with E-state index in [-0.39, 0.29) is 77.2 Å². The Morgan fingerprint density at radius 2 is 0.924 bits per heavy atom. The fourth-order valence-electron chi connectivity index (χ4n) is 7.62. The van der Waals surface area contributed by atoms with E-state index < -0.39 is 14.0 Å². The largest absolute Gasteiger partial charge is 0.494 e. The van der Waals surface area contributed by atoms with Crippen LogP contribution in [-0.2, 0) is 50.5 Å². The first kappa shape index (κ1) is 54.3. The Kier molecular flexibility index (Phi) is 17.1. The average molecular weight is 984 g/mol. The molecule has 7 rings (SSSR count). The lowest BCUT2D eigenvalue weighted by Crippen LogP contribution is -2.58. The number of nitrogens with one attached hydrogen (secondary N) is 2. The smallest absolute Gasteiger partial charge is 0.405 e. The number of urea groups is 2. The second-order valence-electron chi connectivity index (χ2n) is 21.8. The van der Waals surface area contributed by atoms with Crippen LogP contribution in [0.15, 0.2) is 40.9 Å². The Morgan fingerprint density at radius 3 is 1.26 bits per heavy atom. The molecule has 2 aromatic rings. The maximum atomic E-state index is 12.3. The van der Waals surface area contributed by atoms with Crippen molar-refractivity contribution in [3.8, 4) is 0 Å². The number of nitrogens with zero attached hydrogens (tertiary/aromatic N) is 2. The Bertz CT molecular complexity index is 1920. The molecule has 5 aliphatic heterocycles. The van der Waals surface area contributed by atoms with Gasteiger partial charge in [-0.3, -0.25) is 0 Å². The molecule has 2 aromatic carbocycles. The summed E-state index contributed by atoms with van der Waals surface area (Å²) in [7, 11) is -1.32. The van der Waals surface area contributed by atoms with Gasteiger partial charge in [0, 0.05) is 17.6 Å². The highest BCUT2D eigenvalue weighted by Gasteiger charge is 2.63. The van der Waals surface area contributed by atoms with E-state index in [0.717, 1.165) is 26.6 Å². The van der Waals surface area contributed by atoms with Crippen LogP contribution < -0.4 is 16.1 Å². The molecule has 5 fully saturated rings. The number of amides is 4. The summed E-state index contributed by atoms with van der Waals surface area (Å²) in [5.41, 5.74) is 3.36. The lowest BCUT2D eigenvalue weighted by atomic mass is 9.49. The van der Waals surface area contributed by atoms with Gasteiger partial charge in [-0.25, -0.2) is 9.59 Å². The van der Waals surface area contributed by atoms with Crippen LogP contribution in [0, 0.1) is 13.8 Å². The van der Waals surface area contributed by atoms with Crippen molar-refractivity contribution in [2.45, 2.75) is 196 Å². The zero-order chi connectivity index (χ0) is 49.4. The van der Waals surface area contributed by atoms with Gasteiger partial charge in [0.15, 0.2) is 0 Å². The van der Waals surface area contributed by atoms with E-state index in [4.69, 9.17) is 37.4 Å². The normalized spacial score (nSPS) is 22.3. The molecule has 5 aliphatic rings. The van der Waals surface area contributed by atoms with Gasteiger partial charge in [-0.1, -0.05) is 40.2 Å².